The Morgan fingerprint density at radius 2 is 2.15 bits per heavy atom. The van der Waals surface area contributed by atoms with Gasteiger partial charge in [-0.15, -0.1) is 11.3 Å². The summed E-state index contributed by atoms with van der Waals surface area (Å²) in [5, 5.41) is 9.04. The first-order valence-corrected chi connectivity index (χ1v) is 9.79. The highest BCUT2D eigenvalue weighted by atomic mass is 32.1. The van der Waals surface area contributed by atoms with Crippen LogP contribution in [0.2, 0.25) is 0 Å². The number of β-amino-alcohol motifs (C(OH)–C–C–N with tert-alkyl or cyclic N) is 1. The van der Waals surface area contributed by atoms with Gasteiger partial charge in [0.25, 0.3) is 0 Å². The summed E-state index contributed by atoms with van der Waals surface area (Å²) in [6, 6.07) is 1.78. The van der Waals surface area contributed by atoms with Crippen molar-refractivity contribution >= 4 is 28.9 Å². The van der Waals surface area contributed by atoms with Crippen LogP contribution in [0.15, 0.2) is 17.8 Å². The smallest absolute Gasteiger partial charge is 0.332 e. The minimum Gasteiger partial charge on any atom is -0.395 e. The van der Waals surface area contributed by atoms with Gasteiger partial charge in [0.1, 0.15) is 11.6 Å². The number of piperazine rings is 1. The Labute approximate surface area is 162 Å². The molecule has 3 heterocycles. The second-order valence-electron chi connectivity index (χ2n) is 6.25. The Hall–Kier alpha value is -2.30. The highest BCUT2D eigenvalue weighted by Crippen LogP contribution is 2.18. The Bertz CT molecular complexity index is 734. The first-order chi connectivity index (χ1) is 13.1. The number of hydrogen-bond donors (Lipinski definition) is 2. The predicted molar refractivity (Wildman–Crippen MR) is 103 cm³/mol. The van der Waals surface area contributed by atoms with Gasteiger partial charge in [0.15, 0.2) is 5.82 Å². The van der Waals surface area contributed by atoms with Gasteiger partial charge in [-0.05, 0) is 13.3 Å². The summed E-state index contributed by atoms with van der Waals surface area (Å²) in [6.45, 7) is 6.07. The van der Waals surface area contributed by atoms with Crippen molar-refractivity contribution in [2.45, 2.75) is 19.8 Å². The first-order valence-electron chi connectivity index (χ1n) is 8.91. The molecule has 1 fully saturated rings. The lowest BCUT2D eigenvalue weighted by atomic mass is 10.3. The number of aliphatic hydroxyl groups excluding tert-OH is 1. The summed E-state index contributed by atoms with van der Waals surface area (Å²) in [6.07, 6.45) is 2.64. The molecule has 2 aromatic heterocycles. The molecule has 1 aliphatic heterocycles. The molecule has 0 atom stereocenters. The third kappa shape index (κ3) is 5.84. The van der Waals surface area contributed by atoms with E-state index < -0.39 is 0 Å². The van der Waals surface area contributed by atoms with Gasteiger partial charge >= 0.3 is 5.97 Å². The average Bonchev–Trinajstić information content (AvgIpc) is 3.19. The van der Waals surface area contributed by atoms with Gasteiger partial charge < -0.3 is 14.8 Å². The maximum atomic E-state index is 11.9. The van der Waals surface area contributed by atoms with E-state index in [1.165, 1.54) is 11.3 Å². The van der Waals surface area contributed by atoms with Gasteiger partial charge in [-0.25, -0.2) is 20.2 Å². The maximum absolute atomic E-state index is 11.9. The fourth-order valence-corrected chi connectivity index (χ4v) is 3.46. The topological polar surface area (TPSA) is 104 Å². The molecule has 9 nitrogen and oxygen atoms in total. The van der Waals surface area contributed by atoms with Crippen molar-refractivity contribution in [1.29, 1.82) is 0 Å². The minimum atomic E-state index is -0.348. The van der Waals surface area contributed by atoms with Gasteiger partial charge in [0, 0.05) is 49.9 Å². The van der Waals surface area contributed by atoms with Gasteiger partial charge in [-0.1, -0.05) is 0 Å². The second-order valence-corrected chi connectivity index (χ2v) is 7.23. The summed E-state index contributed by atoms with van der Waals surface area (Å²) >= 11 is 1.52. The predicted octanol–water partition coefficient (Wildman–Crippen LogP) is 0.859. The molecule has 0 radical (unpaired) electrons. The molecule has 1 aliphatic rings. The van der Waals surface area contributed by atoms with E-state index in [1.807, 2.05) is 6.92 Å². The van der Waals surface area contributed by atoms with Crippen molar-refractivity contribution in [3.63, 3.8) is 0 Å². The number of aryl methyl sites for hydroxylation is 2. The lowest BCUT2D eigenvalue weighted by Gasteiger charge is -2.35. The fourth-order valence-electron chi connectivity index (χ4n) is 2.86. The first kappa shape index (κ1) is 19.5. The molecule has 27 heavy (non-hydrogen) atoms. The number of nitrogens with zero attached hydrogens (tertiary/aromatic N) is 5. The third-order valence-electron chi connectivity index (χ3n) is 4.27. The Balaban J connectivity index is 1.51. The van der Waals surface area contributed by atoms with Crippen LogP contribution in [0.1, 0.15) is 17.1 Å². The van der Waals surface area contributed by atoms with Gasteiger partial charge in [-0.3, -0.25) is 9.88 Å². The maximum Gasteiger partial charge on any atom is 0.332 e. The van der Waals surface area contributed by atoms with Crippen molar-refractivity contribution in [3.05, 3.63) is 28.5 Å². The number of anilines is 2. The Morgan fingerprint density at radius 3 is 2.85 bits per heavy atom. The van der Waals surface area contributed by atoms with E-state index in [-0.39, 0.29) is 19.0 Å². The van der Waals surface area contributed by atoms with Crippen LogP contribution in [-0.4, -0.2) is 70.3 Å². The Morgan fingerprint density at radius 1 is 1.33 bits per heavy atom. The zero-order valence-electron chi connectivity index (χ0n) is 15.3. The van der Waals surface area contributed by atoms with E-state index in [9.17, 15) is 4.79 Å². The van der Waals surface area contributed by atoms with Crippen molar-refractivity contribution in [2.75, 3.05) is 49.7 Å². The zero-order valence-corrected chi connectivity index (χ0v) is 16.1. The van der Waals surface area contributed by atoms with E-state index in [0.29, 0.717) is 24.6 Å². The van der Waals surface area contributed by atoms with Crippen LogP contribution in [0.3, 0.4) is 0 Å². The normalized spacial score (nSPS) is 15.0. The molecule has 0 amide bonds. The molecule has 0 aromatic carbocycles. The monoisotopic (exact) mass is 392 g/mol. The number of rotatable bonds is 8. The third-order valence-corrected chi connectivity index (χ3v) is 5.10. The molecule has 0 saturated carbocycles. The number of thiazole rings is 1. The molecule has 2 aromatic rings. The molecule has 0 unspecified atom stereocenters. The molecule has 3 rings (SSSR count). The fraction of sp³-hybridized carbons (Fsp3) is 0.529. The van der Waals surface area contributed by atoms with E-state index in [1.54, 1.807) is 17.8 Å². The molecule has 10 heteroatoms. The van der Waals surface area contributed by atoms with Gasteiger partial charge in [0.05, 0.1) is 18.5 Å². The quantitative estimate of drug-likeness (QED) is 0.633. The number of hydrogen-bond acceptors (Lipinski definition) is 10. The van der Waals surface area contributed by atoms with Crippen LogP contribution < -0.4 is 10.4 Å². The van der Waals surface area contributed by atoms with Crippen LogP contribution in [0.4, 0.5) is 11.6 Å². The minimum absolute atomic E-state index is 0.176. The van der Waals surface area contributed by atoms with Crippen LogP contribution >= 0.6 is 11.3 Å². The largest absolute Gasteiger partial charge is 0.395 e. The molecular formula is C17H24N6O3S. The van der Waals surface area contributed by atoms with Gasteiger partial charge in [0.2, 0.25) is 0 Å². The van der Waals surface area contributed by atoms with Crippen LogP contribution in [0.5, 0.6) is 0 Å². The summed E-state index contributed by atoms with van der Waals surface area (Å²) in [4.78, 5) is 35.2. The van der Waals surface area contributed by atoms with Crippen molar-refractivity contribution in [2.24, 2.45) is 0 Å². The van der Waals surface area contributed by atoms with Gasteiger partial charge in [-0.2, -0.15) is 0 Å². The molecule has 0 spiro atoms. The SMILES string of the molecule is Cc1nc(NOC(=O)CCc2cncs2)cc(N2CCN(CCO)CC2)n1. The number of nitrogens with one attached hydrogen (secondary N) is 1. The highest BCUT2D eigenvalue weighted by molar-refractivity contribution is 7.09. The van der Waals surface area contributed by atoms with E-state index in [4.69, 9.17) is 9.94 Å². The average molecular weight is 392 g/mol. The molecule has 1 saturated heterocycles. The van der Waals surface area contributed by atoms with E-state index >= 15 is 0 Å². The molecule has 0 bridgehead atoms. The lowest BCUT2D eigenvalue weighted by molar-refractivity contribution is -0.140. The molecule has 0 aliphatic carbocycles. The summed E-state index contributed by atoms with van der Waals surface area (Å²) < 4.78 is 0. The lowest BCUT2D eigenvalue weighted by Crippen LogP contribution is -2.47. The van der Waals surface area contributed by atoms with E-state index in [2.05, 4.69) is 30.2 Å². The molecular weight excluding hydrogens is 368 g/mol. The number of aromatic nitrogens is 3. The number of carbonyl (C=O) groups is 1. The van der Waals surface area contributed by atoms with Crippen LogP contribution in [-0.2, 0) is 16.1 Å². The van der Waals surface area contributed by atoms with Crippen molar-refractivity contribution in [1.82, 2.24) is 19.9 Å². The number of aliphatic hydroxyl groups is 1. The second kappa shape index (κ2) is 9.58. The zero-order chi connectivity index (χ0) is 19.1. The summed E-state index contributed by atoms with van der Waals surface area (Å²) in [7, 11) is 0. The summed E-state index contributed by atoms with van der Waals surface area (Å²) in [5.41, 5.74) is 4.38. The summed E-state index contributed by atoms with van der Waals surface area (Å²) in [5.74, 6) is 1.52. The highest BCUT2D eigenvalue weighted by Gasteiger charge is 2.18. The van der Waals surface area contributed by atoms with Crippen LogP contribution in [0, 0.1) is 6.92 Å². The number of carbonyl (C=O) groups excluding carboxylic acids is 1. The van der Waals surface area contributed by atoms with Crippen molar-refractivity contribution in [3.8, 4) is 0 Å². The Kier molecular flexibility index (Phi) is 6.91. The van der Waals surface area contributed by atoms with Crippen LogP contribution in [0.25, 0.3) is 0 Å². The van der Waals surface area contributed by atoms with E-state index in [0.717, 1.165) is 36.9 Å². The standard InChI is InChI=1S/C17H24N6O3S/c1-13-19-15(21-26-17(25)3-2-14-11-18-12-27-14)10-16(20-13)23-6-4-22(5-7-23)8-9-24/h10-12,24H,2-9H2,1H3,(H,19,20,21). The molecule has 146 valence electrons. The van der Waals surface area contributed by atoms with Crippen molar-refractivity contribution < 1.29 is 14.7 Å². The molecule has 2 N–H and O–H groups in total.